The fourth-order valence-electron chi connectivity index (χ4n) is 3.36. The van der Waals surface area contributed by atoms with E-state index in [-0.39, 0.29) is 0 Å². The van der Waals surface area contributed by atoms with Crippen LogP contribution in [-0.2, 0) is 16.7 Å². The first-order chi connectivity index (χ1) is 14.4. The Morgan fingerprint density at radius 2 is 1.80 bits per heavy atom. The number of oxime groups is 1. The minimum atomic E-state index is -0.471. The monoisotopic (exact) mass is 408 g/mol. The SMILES string of the molecule is C=C(c1ccc2c(c1)c(/C=N/OC(C)=O)cn2C)c1ccc(OC)c(OC)c1OC. The summed E-state index contributed by atoms with van der Waals surface area (Å²) in [4.78, 5) is 15.7. The molecule has 0 saturated heterocycles. The van der Waals surface area contributed by atoms with Crippen molar-refractivity contribution in [2.24, 2.45) is 12.2 Å². The van der Waals surface area contributed by atoms with Gasteiger partial charge in [0.05, 0.1) is 27.5 Å². The van der Waals surface area contributed by atoms with Crippen LogP contribution in [0, 0.1) is 0 Å². The van der Waals surface area contributed by atoms with E-state index in [1.165, 1.54) is 13.1 Å². The van der Waals surface area contributed by atoms with Crippen molar-refractivity contribution < 1.29 is 23.8 Å². The second kappa shape index (κ2) is 8.73. The number of ether oxygens (including phenoxy) is 3. The van der Waals surface area contributed by atoms with E-state index in [4.69, 9.17) is 19.0 Å². The van der Waals surface area contributed by atoms with Crippen LogP contribution in [-0.4, -0.2) is 38.1 Å². The maximum Gasteiger partial charge on any atom is 0.331 e. The number of nitrogens with zero attached hydrogens (tertiary/aromatic N) is 2. The van der Waals surface area contributed by atoms with Crippen molar-refractivity contribution in [3.63, 3.8) is 0 Å². The van der Waals surface area contributed by atoms with E-state index in [9.17, 15) is 4.79 Å². The lowest BCUT2D eigenvalue weighted by Crippen LogP contribution is -1.99. The maximum absolute atomic E-state index is 11.0. The van der Waals surface area contributed by atoms with Crippen LogP contribution in [0.4, 0.5) is 0 Å². The summed E-state index contributed by atoms with van der Waals surface area (Å²) in [5.41, 5.74) is 4.29. The molecule has 0 atom stereocenters. The van der Waals surface area contributed by atoms with Crippen molar-refractivity contribution in [3.05, 3.63) is 59.8 Å². The van der Waals surface area contributed by atoms with Gasteiger partial charge in [-0.2, -0.15) is 0 Å². The quantitative estimate of drug-likeness (QED) is 0.333. The standard InChI is InChI=1S/C23H24N2O5/c1-14(18-8-10-21(27-4)23(29-6)22(18)28-5)16-7-9-20-19(11-16)17(13-25(20)3)12-24-30-15(2)26/h7-13H,1H2,2-6H3/b24-12+. The van der Waals surface area contributed by atoms with Crippen LogP contribution in [0.2, 0.25) is 0 Å². The molecule has 3 rings (SSSR count). The molecule has 0 aliphatic carbocycles. The molecule has 0 saturated carbocycles. The van der Waals surface area contributed by atoms with Crippen molar-refractivity contribution in [1.82, 2.24) is 4.57 Å². The van der Waals surface area contributed by atoms with Gasteiger partial charge in [0.1, 0.15) is 0 Å². The van der Waals surface area contributed by atoms with Crippen LogP contribution < -0.4 is 14.2 Å². The summed E-state index contributed by atoms with van der Waals surface area (Å²) in [6.07, 6.45) is 3.44. The molecule has 0 aliphatic heterocycles. The number of rotatable bonds is 7. The Morgan fingerprint density at radius 3 is 2.43 bits per heavy atom. The smallest absolute Gasteiger partial charge is 0.331 e. The molecule has 3 aromatic rings. The number of fused-ring (bicyclic) bond motifs is 1. The lowest BCUT2D eigenvalue weighted by atomic mass is 9.96. The number of methoxy groups -OCH3 is 3. The van der Waals surface area contributed by atoms with Crippen LogP contribution in [0.25, 0.3) is 16.5 Å². The minimum Gasteiger partial charge on any atom is -0.493 e. The Morgan fingerprint density at radius 1 is 1.07 bits per heavy atom. The third kappa shape index (κ3) is 3.87. The number of carbonyl (C=O) groups excluding carboxylic acids is 1. The van der Waals surface area contributed by atoms with E-state index in [1.54, 1.807) is 21.3 Å². The van der Waals surface area contributed by atoms with Crippen LogP contribution >= 0.6 is 0 Å². The normalized spacial score (nSPS) is 11.0. The first kappa shape index (κ1) is 21.0. The van der Waals surface area contributed by atoms with Crippen molar-refractivity contribution in [2.75, 3.05) is 21.3 Å². The summed E-state index contributed by atoms with van der Waals surface area (Å²) in [6, 6.07) is 9.73. The van der Waals surface area contributed by atoms with E-state index < -0.39 is 5.97 Å². The molecule has 0 aliphatic rings. The molecular formula is C23H24N2O5. The Balaban J connectivity index is 2.08. The Kier molecular flexibility index (Phi) is 6.11. The highest BCUT2D eigenvalue weighted by Gasteiger charge is 2.19. The number of aromatic nitrogens is 1. The molecule has 0 unspecified atom stereocenters. The highest BCUT2D eigenvalue weighted by molar-refractivity contribution is 6.01. The fourth-order valence-corrected chi connectivity index (χ4v) is 3.36. The third-order valence-electron chi connectivity index (χ3n) is 4.77. The molecule has 7 nitrogen and oxygen atoms in total. The van der Waals surface area contributed by atoms with E-state index in [2.05, 4.69) is 11.7 Å². The number of aryl methyl sites for hydroxylation is 1. The van der Waals surface area contributed by atoms with Gasteiger partial charge in [-0.15, -0.1) is 0 Å². The summed E-state index contributed by atoms with van der Waals surface area (Å²) in [5, 5.41) is 4.70. The molecule has 0 N–H and O–H groups in total. The summed E-state index contributed by atoms with van der Waals surface area (Å²) in [6.45, 7) is 5.58. The molecular weight excluding hydrogens is 384 g/mol. The van der Waals surface area contributed by atoms with E-state index in [1.807, 2.05) is 48.1 Å². The largest absolute Gasteiger partial charge is 0.493 e. The molecule has 0 bridgehead atoms. The highest BCUT2D eigenvalue weighted by Crippen LogP contribution is 2.43. The molecule has 7 heteroatoms. The fraction of sp³-hybridized carbons (Fsp3) is 0.217. The zero-order chi connectivity index (χ0) is 21.8. The molecule has 0 amide bonds. The lowest BCUT2D eigenvalue weighted by molar-refractivity contribution is -0.140. The summed E-state index contributed by atoms with van der Waals surface area (Å²) in [5.74, 6) is 1.16. The van der Waals surface area contributed by atoms with Gasteiger partial charge in [0.15, 0.2) is 11.5 Å². The molecule has 1 heterocycles. The number of hydrogen-bond donors (Lipinski definition) is 0. The van der Waals surface area contributed by atoms with Gasteiger partial charge < -0.3 is 23.6 Å². The average molecular weight is 408 g/mol. The molecule has 156 valence electrons. The van der Waals surface area contributed by atoms with Crippen molar-refractivity contribution in [3.8, 4) is 17.2 Å². The number of hydrogen-bond acceptors (Lipinski definition) is 6. The molecule has 0 radical (unpaired) electrons. The Labute approximate surface area is 175 Å². The Bertz CT molecular complexity index is 1140. The van der Waals surface area contributed by atoms with E-state index >= 15 is 0 Å². The van der Waals surface area contributed by atoms with Gasteiger partial charge in [-0.1, -0.05) is 17.8 Å². The van der Waals surface area contributed by atoms with Gasteiger partial charge >= 0.3 is 5.97 Å². The van der Waals surface area contributed by atoms with Gasteiger partial charge in [-0.05, 0) is 35.4 Å². The molecule has 0 spiro atoms. The van der Waals surface area contributed by atoms with Crippen molar-refractivity contribution in [1.29, 1.82) is 0 Å². The van der Waals surface area contributed by atoms with Crippen LogP contribution in [0.5, 0.6) is 17.2 Å². The minimum absolute atomic E-state index is 0.471. The summed E-state index contributed by atoms with van der Waals surface area (Å²) >= 11 is 0. The van der Waals surface area contributed by atoms with E-state index in [0.29, 0.717) is 17.2 Å². The average Bonchev–Trinajstić information content (AvgIpc) is 3.06. The predicted molar refractivity (Wildman–Crippen MR) is 117 cm³/mol. The summed E-state index contributed by atoms with van der Waals surface area (Å²) < 4.78 is 18.4. The zero-order valence-corrected chi connectivity index (χ0v) is 17.7. The van der Waals surface area contributed by atoms with Crippen molar-refractivity contribution in [2.45, 2.75) is 6.92 Å². The van der Waals surface area contributed by atoms with Gasteiger partial charge in [0, 0.05) is 42.2 Å². The van der Waals surface area contributed by atoms with Crippen molar-refractivity contribution >= 4 is 28.7 Å². The number of carbonyl (C=O) groups is 1. The Hall–Kier alpha value is -3.74. The first-order valence-corrected chi connectivity index (χ1v) is 9.19. The zero-order valence-electron chi connectivity index (χ0n) is 17.7. The molecule has 1 aromatic heterocycles. The number of benzene rings is 2. The van der Waals surface area contributed by atoms with Crippen LogP contribution in [0.15, 0.2) is 48.3 Å². The summed E-state index contributed by atoms with van der Waals surface area (Å²) in [7, 11) is 6.67. The first-order valence-electron chi connectivity index (χ1n) is 9.19. The van der Waals surface area contributed by atoms with Gasteiger partial charge in [-0.3, -0.25) is 0 Å². The topological polar surface area (TPSA) is 71.3 Å². The molecule has 2 aromatic carbocycles. The van der Waals surface area contributed by atoms with Crippen LogP contribution in [0.3, 0.4) is 0 Å². The van der Waals surface area contributed by atoms with Gasteiger partial charge in [0.25, 0.3) is 0 Å². The van der Waals surface area contributed by atoms with Crippen LogP contribution in [0.1, 0.15) is 23.6 Å². The molecule has 30 heavy (non-hydrogen) atoms. The van der Waals surface area contributed by atoms with Gasteiger partial charge in [-0.25, -0.2) is 4.79 Å². The predicted octanol–water partition coefficient (Wildman–Crippen LogP) is 4.16. The maximum atomic E-state index is 11.0. The molecule has 0 fully saturated rings. The third-order valence-corrected chi connectivity index (χ3v) is 4.77. The second-order valence-corrected chi connectivity index (χ2v) is 6.61. The van der Waals surface area contributed by atoms with E-state index in [0.717, 1.165) is 33.2 Å². The second-order valence-electron chi connectivity index (χ2n) is 6.61. The van der Waals surface area contributed by atoms with Gasteiger partial charge in [0.2, 0.25) is 5.75 Å². The highest BCUT2D eigenvalue weighted by atomic mass is 16.7. The lowest BCUT2D eigenvalue weighted by Gasteiger charge is -2.17.